The lowest BCUT2D eigenvalue weighted by Gasteiger charge is -2.62. The Morgan fingerprint density at radius 2 is 1.36 bits per heavy atom. The van der Waals surface area contributed by atoms with Crippen LogP contribution in [0.5, 0.6) is 0 Å². The molecule has 4 aliphatic carbocycles. The largest absolute Gasteiger partial charge is 0.269 e. The smallest absolute Gasteiger partial charge is 0.258 e. The number of benzene rings is 3. The molecule has 0 saturated heterocycles. The van der Waals surface area contributed by atoms with Crippen LogP contribution in [0.25, 0.3) is 0 Å². The van der Waals surface area contributed by atoms with Crippen LogP contribution >= 0.6 is 0 Å². The molecule has 0 heterocycles. The van der Waals surface area contributed by atoms with Crippen LogP contribution in [-0.2, 0) is 10.8 Å². The molecule has 2 atom stereocenters. The van der Waals surface area contributed by atoms with E-state index >= 15 is 0 Å². The summed E-state index contributed by atoms with van der Waals surface area (Å²) in [5.41, 5.74) is 5.54. The van der Waals surface area contributed by atoms with Crippen LogP contribution in [0.4, 0.5) is 11.4 Å². The van der Waals surface area contributed by atoms with Crippen molar-refractivity contribution in [2.24, 2.45) is 16.8 Å². The van der Waals surface area contributed by atoms with E-state index in [4.69, 9.17) is 0 Å². The Balaban J connectivity index is 1.25. The molecule has 0 amide bonds. The highest BCUT2D eigenvalue weighted by molar-refractivity contribution is 5.82. The van der Waals surface area contributed by atoms with Crippen LogP contribution in [0.3, 0.4) is 0 Å². The maximum atomic E-state index is 10.8. The number of nitro groups is 1. The predicted octanol–water partition coefficient (Wildman–Crippen LogP) is 7.14. The molecule has 4 fully saturated rings. The lowest BCUT2D eigenvalue weighted by atomic mass is 9.42. The Labute approximate surface area is 194 Å². The average Bonchev–Trinajstić information content (AvgIpc) is 2.83. The molecule has 0 spiro atoms. The van der Waals surface area contributed by atoms with Crippen molar-refractivity contribution in [1.29, 1.82) is 0 Å². The Bertz CT molecular complexity index is 1180. The molecule has 2 unspecified atom stereocenters. The number of nitrogens with zero attached hydrogens (tertiary/aromatic N) is 2. The van der Waals surface area contributed by atoms with Crippen LogP contribution in [-0.4, -0.2) is 11.1 Å². The second-order valence-corrected chi connectivity index (χ2v) is 10.5. The van der Waals surface area contributed by atoms with Gasteiger partial charge in [-0.1, -0.05) is 42.5 Å². The van der Waals surface area contributed by atoms with Gasteiger partial charge in [-0.05, 0) is 102 Å². The van der Waals surface area contributed by atoms with Crippen LogP contribution in [0, 0.1) is 22.0 Å². The van der Waals surface area contributed by atoms with Crippen molar-refractivity contribution >= 4 is 17.6 Å². The first-order valence-electron chi connectivity index (χ1n) is 12.0. The first kappa shape index (κ1) is 20.3. The van der Waals surface area contributed by atoms with E-state index in [0.717, 1.165) is 23.1 Å². The highest BCUT2D eigenvalue weighted by Gasteiger charge is 2.58. The molecule has 4 heteroatoms. The standard InChI is InChI=1S/C29H28N2O2/c32-31(33)27-12-6-21(7-13-27)19-30-26-10-8-25(9-11-26)29-17-22-14-23(18-29)16-28(15-22,20-29)24-4-2-1-3-5-24/h1-13,19,22-23H,14-18,20H2. The molecular weight excluding hydrogens is 408 g/mol. The van der Waals surface area contributed by atoms with E-state index in [1.807, 2.05) is 0 Å². The zero-order valence-electron chi connectivity index (χ0n) is 18.7. The number of hydrogen-bond acceptors (Lipinski definition) is 3. The van der Waals surface area contributed by atoms with Gasteiger partial charge in [0.25, 0.3) is 5.69 Å². The third-order valence-electron chi connectivity index (χ3n) is 8.39. The topological polar surface area (TPSA) is 55.5 Å². The lowest BCUT2D eigenvalue weighted by Crippen LogP contribution is -2.55. The molecule has 166 valence electrons. The van der Waals surface area contributed by atoms with Crippen molar-refractivity contribution in [3.63, 3.8) is 0 Å². The van der Waals surface area contributed by atoms with E-state index in [0.29, 0.717) is 10.8 Å². The first-order chi connectivity index (χ1) is 16.0. The van der Waals surface area contributed by atoms with Crippen LogP contribution < -0.4 is 0 Å². The third-order valence-corrected chi connectivity index (χ3v) is 8.39. The van der Waals surface area contributed by atoms with Gasteiger partial charge in [-0.3, -0.25) is 15.1 Å². The predicted molar refractivity (Wildman–Crippen MR) is 131 cm³/mol. The summed E-state index contributed by atoms with van der Waals surface area (Å²) in [6.07, 6.45) is 9.80. The lowest BCUT2D eigenvalue weighted by molar-refractivity contribution is -0.384. The van der Waals surface area contributed by atoms with Crippen molar-refractivity contribution in [2.45, 2.75) is 49.4 Å². The number of non-ortho nitro benzene ring substituents is 1. The zero-order valence-corrected chi connectivity index (χ0v) is 18.7. The fourth-order valence-electron chi connectivity index (χ4n) is 7.46. The van der Waals surface area contributed by atoms with Gasteiger partial charge < -0.3 is 0 Å². The molecule has 4 saturated carbocycles. The number of rotatable bonds is 5. The Morgan fingerprint density at radius 1 is 0.788 bits per heavy atom. The summed E-state index contributed by atoms with van der Waals surface area (Å²) >= 11 is 0. The molecule has 3 aromatic rings. The van der Waals surface area contributed by atoms with Crippen LogP contribution in [0.15, 0.2) is 83.9 Å². The summed E-state index contributed by atoms with van der Waals surface area (Å²) < 4.78 is 0. The Hall–Kier alpha value is -3.27. The summed E-state index contributed by atoms with van der Waals surface area (Å²) in [5, 5.41) is 10.8. The van der Waals surface area contributed by atoms with E-state index in [1.165, 1.54) is 56.2 Å². The zero-order chi connectivity index (χ0) is 22.5. The SMILES string of the molecule is O=[N+]([O-])c1ccc(C=Nc2ccc(C34CC5CC(CC(c6ccccc6)(C5)C3)C4)cc2)cc1. The van der Waals surface area contributed by atoms with Crippen molar-refractivity contribution in [3.05, 3.63) is 106 Å². The van der Waals surface area contributed by atoms with Gasteiger partial charge in [-0.15, -0.1) is 0 Å². The van der Waals surface area contributed by atoms with E-state index in [9.17, 15) is 10.1 Å². The fourth-order valence-corrected chi connectivity index (χ4v) is 7.46. The summed E-state index contributed by atoms with van der Waals surface area (Å²) in [6, 6.07) is 26.6. The minimum atomic E-state index is -0.383. The van der Waals surface area contributed by atoms with Crippen molar-refractivity contribution in [2.75, 3.05) is 0 Å². The monoisotopic (exact) mass is 436 g/mol. The fraction of sp³-hybridized carbons (Fsp3) is 0.345. The molecule has 4 nitrogen and oxygen atoms in total. The summed E-state index contributed by atoms with van der Waals surface area (Å²) in [4.78, 5) is 15.0. The number of hydrogen-bond donors (Lipinski definition) is 0. The second kappa shape index (κ2) is 7.65. The maximum Gasteiger partial charge on any atom is 0.269 e. The quantitative estimate of drug-likeness (QED) is 0.243. The number of nitro benzene ring substituents is 1. The summed E-state index contributed by atoms with van der Waals surface area (Å²) in [6.45, 7) is 0. The van der Waals surface area contributed by atoms with Gasteiger partial charge in [0.05, 0.1) is 10.6 Å². The van der Waals surface area contributed by atoms with Gasteiger partial charge in [-0.25, -0.2) is 0 Å². The summed E-state index contributed by atoms with van der Waals surface area (Å²) in [5.74, 6) is 1.68. The number of aliphatic imine (C=N–C) groups is 1. The van der Waals surface area contributed by atoms with Crippen molar-refractivity contribution < 1.29 is 4.92 Å². The minimum Gasteiger partial charge on any atom is -0.258 e. The van der Waals surface area contributed by atoms with Gasteiger partial charge in [-0.2, -0.15) is 0 Å². The molecule has 0 aromatic heterocycles. The summed E-state index contributed by atoms with van der Waals surface area (Å²) in [7, 11) is 0. The molecule has 0 radical (unpaired) electrons. The normalized spacial score (nSPS) is 30.1. The van der Waals surface area contributed by atoms with E-state index < -0.39 is 0 Å². The molecule has 7 rings (SSSR count). The van der Waals surface area contributed by atoms with Crippen LogP contribution in [0.1, 0.15) is 55.2 Å². The van der Waals surface area contributed by atoms with Crippen LogP contribution in [0.2, 0.25) is 0 Å². The first-order valence-corrected chi connectivity index (χ1v) is 12.0. The highest BCUT2D eigenvalue weighted by Crippen LogP contribution is 2.66. The molecule has 3 aromatic carbocycles. The molecule has 0 N–H and O–H groups in total. The highest BCUT2D eigenvalue weighted by atomic mass is 16.6. The van der Waals surface area contributed by atoms with Gasteiger partial charge in [0.15, 0.2) is 0 Å². The Kier molecular flexibility index (Phi) is 4.72. The van der Waals surface area contributed by atoms with Gasteiger partial charge >= 0.3 is 0 Å². The second-order valence-electron chi connectivity index (χ2n) is 10.5. The van der Waals surface area contributed by atoms with Gasteiger partial charge in [0.1, 0.15) is 0 Å². The van der Waals surface area contributed by atoms with Gasteiger partial charge in [0, 0.05) is 18.3 Å². The third kappa shape index (κ3) is 3.58. The minimum absolute atomic E-state index is 0.0975. The van der Waals surface area contributed by atoms with Crippen molar-refractivity contribution in [3.8, 4) is 0 Å². The maximum absolute atomic E-state index is 10.8. The molecule has 4 bridgehead atoms. The van der Waals surface area contributed by atoms with E-state index in [-0.39, 0.29) is 10.6 Å². The Morgan fingerprint density at radius 3 is 1.94 bits per heavy atom. The van der Waals surface area contributed by atoms with Gasteiger partial charge in [0.2, 0.25) is 0 Å². The van der Waals surface area contributed by atoms with E-state index in [2.05, 4.69) is 59.6 Å². The molecule has 33 heavy (non-hydrogen) atoms. The molecular formula is C29H28N2O2. The average molecular weight is 437 g/mol. The van der Waals surface area contributed by atoms with Crippen molar-refractivity contribution in [1.82, 2.24) is 0 Å². The molecule has 4 aliphatic rings. The molecule has 0 aliphatic heterocycles. The van der Waals surface area contributed by atoms with E-state index in [1.54, 1.807) is 23.9 Å².